The van der Waals surface area contributed by atoms with Crippen molar-refractivity contribution < 1.29 is 29.0 Å². The van der Waals surface area contributed by atoms with Crippen molar-refractivity contribution in [3.63, 3.8) is 0 Å². The molecule has 2 aromatic rings. The van der Waals surface area contributed by atoms with Gasteiger partial charge in [-0.3, -0.25) is 14.9 Å². The number of amides is 4. The third kappa shape index (κ3) is 3.86. The molecule has 0 aliphatic carbocycles. The smallest absolute Gasteiger partial charge is 0.341 e. The van der Waals surface area contributed by atoms with Gasteiger partial charge in [0.15, 0.2) is 6.61 Å². The molecule has 28 heavy (non-hydrogen) atoms. The maximum Gasteiger partial charge on any atom is 0.341 e. The third-order valence-corrected chi connectivity index (χ3v) is 4.08. The van der Waals surface area contributed by atoms with Gasteiger partial charge in [-0.15, -0.1) is 0 Å². The van der Waals surface area contributed by atoms with Crippen molar-refractivity contribution in [3.05, 3.63) is 64.7 Å². The molecular formula is C19H13ClN2O6. The molecule has 1 fully saturated rings. The summed E-state index contributed by atoms with van der Waals surface area (Å²) < 4.78 is 5.17. The number of barbiturate groups is 1. The van der Waals surface area contributed by atoms with Gasteiger partial charge < -0.3 is 9.84 Å². The number of imide groups is 2. The SMILES string of the molecule is O=C(O)COc1ccccc1/C=C1\C(=O)NC(=O)N(c2ccccc2Cl)C1=O. The van der Waals surface area contributed by atoms with Gasteiger partial charge in [-0.05, 0) is 24.3 Å². The summed E-state index contributed by atoms with van der Waals surface area (Å²) in [6.07, 6.45) is 1.23. The topological polar surface area (TPSA) is 113 Å². The molecule has 0 bridgehead atoms. The van der Waals surface area contributed by atoms with Gasteiger partial charge in [-0.2, -0.15) is 0 Å². The van der Waals surface area contributed by atoms with E-state index in [2.05, 4.69) is 5.32 Å². The zero-order valence-electron chi connectivity index (χ0n) is 14.2. The molecule has 0 unspecified atom stereocenters. The van der Waals surface area contributed by atoms with Crippen molar-refractivity contribution >= 4 is 47.2 Å². The summed E-state index contributed by atoms with van der Waals surface area (Å²) in [5.74, 6) is -2.76. The van der Waals surface area contributed by atoms with Crippen molar-refractivity contribution in [2.75, 3.05) is 11.5 Å². The molecule has 3 rings (SSSR count). The van der Waals surface area contributed by atoms with E-state index in [1.165, 1.54) is 24.3 Å². The van der Waals surface area contributed by atoms with E-state index in [9.17, 15) is 19.2 Å². The lowest BCUT2D eigenvalue weighted by Crippen LogP contribution is -2.54. The first-order chi connectivity index (χ1) is 13.4. The van der Waals surface area contributed by atoms with Gasteiger partial charge >= 0.3 is 12.0 Å². The number of anilines is 1. The van der Waals surface area contributed by atoms with E-state index in [4.69, 9.17) is 21.4 Å². The Balaban J connectivity index is 2.01. The standard InChI is InChI=1S/C19H13ClN2O6/c20-13-6-2-3-7-14(13)22-18(26)12(17(25)21-19(22)27)9-11-5-1-4-8-15(11)28-10-16(23)24/h1-9H,10H2,(H,23,24)(H,21,25,27)/b12-9+. The highest BCUT2D eigenvalue weighted by atomic mass is 35.5. The van der Waals surface area contributed by atoms with Crippen molar-refractivity contribution in [1.29, 1.82) is 0 Å². The molecule has 0 atom stereocenters. The first-order valence-corrected chi connectivity index (χ1v) is 8.36. The molecule has 1 aliphatic heterocycles. The van der Waals surface area contributed by atoms with Gasteiger partial charge in [0.05, 0.1) is 10.7 Å². The van der Waals surface area contributed by atoms with E-state index >= 15 is 0 Å². The number of carboxylic acid groups (broad SMARTS) is 1. The van der Waals surface area contributed by atoms with Crippen LogP contribution >= 0.6 is 11.6 Å². The van der Waals surface area contributed by atoms with Crippen LogP contribution in [0, 0.1) is 0 Å². The van der Waals surface area contributed by atoms with Crippen molar-refractivity contribution in [1.82, 2.24) is 5.32 Å². The molecule has 1 saturated heterocycles. The number of nitrogens with one attached hydrogen (secondary N) is 1. The van der Waals surface area contributed by atoms with Gasteiger partial charge in [0.2, 0.25) is 0 Å². The molecule has 9 heteroatoms. The molecule has 2 aromatic carbocycles. The Kier molecular flexibility index (Phi) is 5.42. The normalized spacial score (nSPS) is 15.5. The monoisotopic (exact) mass is 400 g/mol. The Morgan fingerprint density at radius 2 is 1.79 bits per heavy atom. The van der Waals surface area contributed by atoms with Gasteiger partial charge in [-0.1, -0.05) is 41.9 Å². The molecule has 0 aromatic heterocycles. The number of benzene rings is 2. The quantitative estimate of drug-likeness (QED) is 0.588. The van der Waals surface area contributed by atoms with E-state index in [0.717, 1.165) is 4.90 Å². The second kappa shape index (κ2) is 7.93. The number of halogens is 1. The Morgan fingerprint density at radius 3 is 2.50 bits per heavy atom. The fraction of sp³-hybridized carbons (Fsp3) is 0.0526. The molecule has 4 amide bonds. The minimum absolute atomic E-state index is 0.125. The maximum absolute atomic E-state index is 12.9. The lowest BCUT2D eigenvalue weighted by Gasteiger charge is -2.27. The largest absolute Gasteiger partial charge is 0.481 e. The lowest BCUT2D eigenvalue weighted by atomic mass is 10.1. The predicted molar refractivity (Wildman–Crippen MR) is 100 cm³/mol. The highest BCUT2D eigenvalue weighted by Gasteiger charge is 2.37. The van der Waals surface area contributed by atoms with E-state index in [1.807, 2.05) is 0 Å². The number of urea groups is 1. The Bertz CT molecular complexity index is 1020. The summed E-state index contributed by atoms with van der Waals surface area (Å²) >= 11 is 6.07. The molecule has 1 heterocycles. The number of hydrogen-bond donors (Lipinski definition) is 2. The number of para-hydroxylation sites is 2. The van der Waals surface area contributed by atoms with Crippen LogP contribution in [-0.4, -0.2) is 35.5 Å². The third-order valence-electron chi connectivity index (χ3n) is 3.77. The van der Waals surface area contributed by atoms with Crippen LogP contribution in [0.25, 0.3) is 6.08 Å². The highest BCUT2D eigenvalue weighted by Crippen LogP contribution is 2.29. The van der Waals surface area contributed by atoms with Crippen LogP contribution in [0.15, 0.2) is 54.1 Å². The van der Waals surface area contributed by atoms with Crippen LogP contribution in [0.3, 0.4) is 0 Å². The van der Waals surface area contributed by atoms with Crippen LogP contribution in [0.2, 0.25) is 5.02 Å². The average molecular weight is 401 g/mol. The average Bonchev–Trinajstić information content (AvgIpc) is 2.65. The fourth-order valence-corrected chi connectivity index (χ4v) is 2.76. The van der Waals surface area contributed by atoms with Gasteiger partial charge in [-0.25, -0.2) is 14.5 Å². The number of aliphatic carboxylic acids is 1. The minimum atomic E-state index is -1.18. The summed E-state index contributed by atoms with van der Waals surface area (Å²) in [5, 5.41) is 11.0. The number of rotatable bonds is 5. The molecule has 1 aliphatic rings. The zero-order valence-corrected chi connectivity index (χ0v) is 15.0. The van der Waals surface area contributed by atoms with E-state index in [0.29, 0.717) is 5.56 Å². The van der Waals surface area contributed by atoms with Crippen LogP contribution in [0.5, 0.6) is 5.75 Å². The van der Waals surface area contributed by atoms with Gasteiger partial charge in [0.1, 0.15) is 11.3 Å². The number of ether oxygens (including phenoxy) is 1. The fourth-order valence-electron chi connectivity index (χ4n) is 2.54. The van der Waals surface area contributed by atoms with Gasteiger partial charge in [0, 0.05) is 5.56 Å². The Hall–Kier alpha value is -3.65. The summed E-state index contributed by atoms with van der Waals surface area (Å²) in [6.45, 7) is -0.593. The molecule has 0 radical (unpaired) electrons. The minimum Gasteiger partial charge on any atom is -0.481 e. The van der Waals surface area contributed by atoms with Crippen molar-refractivity contribution in [2.24, 2.45) is 0 Å². The summed E-state index contributed by atoms with van der Waals surface area (Å²) in [5.41, 5.74) is 0.0991. The van der Waals surface area contributed by atoms with Crippen molar-refractivity contribution in [2.45, 2.75) is 0 Å². The first-order valence-electron chi connectivity index (χ1n) is 7.98. The maximum atomic E-state index is 12.9. The van der Waals surface area contributed by atoms with E-state index in [1.54, 1.807) is 30.3 Å². The number of hydrogen-bond acceptors (Lipinski definition) is 5. The number of nitrogens with zero attached hydrogens (tertiary/aromatic N) is 1. The van der Waals surface area contributed by atoms with Crippen LogP contribution < -0.4 is 15.0 Å². The zero-order chi connectivity index (χ0) is 20.3. The summed E-state index contributed by atoms with van der Waals surface area (Å²) in [4.78, 5) is 48.8. The molecule has 142 valence electrons. The second-order valence-corrected chi connectivity index (χ2v) is 6.04. The van der Waals surface area contributed by atoms with E-state index in [-0.39, 0.29) is 22.0 Å². The molecular weight excluding hydrogens is 388 g/mol. The van der Waals surface area contributed by atoms with Crippen LogP contribution in [0.1, 0.15) is 5.56 Å². The number of carbonyl (C=O) groups excluding carboxylic acids is 3. The Labute approximate surface area is 164 Å². The second-order valence-electron chi connectivity index (χ2n) is 5.63. The van der Waals surface area contributed by atoms with Gasteiger partial charge in [0.25, 0.3) is 11.8 Å². The first kappa shape index (κ1) is 19.1. The molecule has 2 N–H and O–H groups in total. The highest BCUT2D eigenvalue weighted by molar-refractivity contribution is 6.42. The summed E-state index contributed by atoms with van der Waals surface area (Å²) in [6, 6.07) is 11.6. The van der Waals surface area contributed by atoms with E-state index < -0.39 is 30.4 Å². The summed E-state index contributed by atoms with van der Waals surface area (Å²) in [7, 11) is 0. The predicted octanol–water partition coefficient (Wildman–Crippen LogP) is 2.47. The molecule has 0 spiro atoms. The molecule has 0 saturated carbocycles. The van der Waals surface area contributed by atoms with Crippen LogP contribution in [-0.2, 0) is 14.4 Å². The number of carboxylic acids is 1. The van der Waals surface area contributed by atoms with Crippen molar-refractivity contribution in [3.8, 4) is 5.75 Å². The lowest BCUT2D eigenvalue weighted by molar-refractivity contribution is -0.139. The molecule has 8 nitrogen and oxygen atoms in total. The number of carbonyl (C=O) groups is 4. The van der Waals surface area contributed by atoms with Crippen LogP contribution in [0.4, 0.5) is 10.5 Å². The Morgan fingerprint density at radius 1 is 1.11 bits per heavy atom.